The van der Waals surface area contributed by atoms with Gasteiger partial charge in [-0.1, -0.05) is 0 Å². The first kappa shape index (κ1) is 13.5. The Balaban J connectivity index is 2.22. The van der Waals surface area contributed by atoms with Gasteiger partial charge in [-0.3, -0.25) is 9.48 Å². The highest BCUT2D eigenvalue weighted by Crippen LogP contribution is 1.95. The summed E-state index contributed by atoms with van der Waals surface area (Å²) in [6.07, 6.45) is 3.18. The lowest BCUT2D eigenvalue weighted by Gasteiger charge is -2.04. The molecule has 7 nitrogen and oxygen atoms in total. The smallest absolute Gasteiger partial charge is 0.241 e. The Morgan fingerprint density at radius 2 is 2.29 bits per heavy atom. The summed E-state index contributed by atoms with van der Waals surface area (Å²) in [6, 6.07) is 1.59. The molecule has 96 valence electrons. The first-order valence-corrected chi connectivity index (χ1v) is 7.16. The van der Waals surface area contributed by atoms with E-state index >= 15 is 0 Å². The summed E-state index contributed by atoms with van der Waals surface area (Å²) in [5, 5.41) is 6.46. The highest BCUT2D eigenvalue weighted by molar-refractivity contribution is 7.90. The van der Waals surface area contributed by atoms with Crippen LogP contribution in [0.1, 0.15) is 6.42 Å². The van der Waals surface area contributed by atoms with Crippen molar-refractivity contribution in [2.45, 2.75) is 13.0 Å². The zero-order valence-electron chi connectivity index (χ0n) is 9.59. The molecule has 8 heteroatoms. The lowest BCUT2D eigenvalue weighted by Crippen LogP contribution is -2.29. The third-order valence-electron chi connectivity index (χ3n) is 1.98. The minimum absolute atomic E-state index is 0.0714. The number of hydrogen-bond donors (Lipinski definition) is 2. The van der Waals surface area contributed by atoms with Gasteiger partial charge in [-0.05, 0) is 12.5 Å². The van der Waals surface area contributed by atoms with Crippen LogP contribution in [0.3, 0.4) is 0 Å². The summed E-state index contributed by atoms with van der Waals surface area (Å²) in [5.74, 6) is 0.207. The summed E-state index contributed by atoms with van der Waals surface area (Å²) in [6.45, 7) is 0.415. The van der Waals surface area contributed by atoms with E-state index in [1.165, 1.54) is 10.9 Å². The van der Waals surface area contributed by atoms with Gasteiger partial charge < -0.3 is 11.1 Å². The summed E-state index contributed by atoms with van der Waals surface area (Å²) in [5.41, 5.74) is 5.39. The molecular weight excluding hydrogens is 244 g/mol. The molecule has 0 spiro atoms. The maximum atomic E-state index is 11.4. The lowest BCUT2D eigenvalue weighted by molar-refractivity contribution is -0.121. The van der Waals surface area contributed by atoms with Crippen LogP contribution in [0.5, 0.6) is 0 Å². The normalized spacial score (nSPS) is 11.4. The third kappa shape index (κ3) is 5.91. The highest BCUT2D eigenvalue weighted by Gasteiger charge is 2.05. The Bertz CT molecular complexity index is 480. The van der Waals surface area contributed by atoms with Gasteiger partial charge in [0.15, 0.2) is 0 Å². The molecule has 1 amide bonds. The Morgan fingerprint density at radius 1 is 1.59 bits per heavy atom. The van der Waals surface area contributed by atoms with Crippen LogP contribution in [0.4, 0.5) is 5.82 Å². The van der Waals surface area contributed by atoms with E-state index in [1.807, 2.05) is 0 Å². The molecule has 0 saturated heterocycles. The number of nitrogens with two attached hydrogens (primary N) is 1. The van der Waals surface area contributed by atoms with Crippen molar-refractivity contribution in [1.82, 2.24) is 15.1 Å². The molecule has 0 aliphatic carbocycles. The first-order valence-electron chi connectivity index (χ1n) is 5.10. The van der Waals surface area contributed by atoms with Crippen molar-refractivity contribution in [3.8, 4) is 0 Å². The van der Waals surface area contributed by atoms with Crippen molar-refractivity contribution >= 4 is 21.6 Å². The molecule has 0 unspecified atom stereocenters. The van der Waals surface area contributed by atoms with Crippen LogP contribution < -0.4 is 11.1 Å². The van der Waals surface area contributed by atoms with E-state index < -0.39 is 9.84 Å². The van der Waals surface area contributed by atoms with Crippen molar-refractivity contribution in [1.29, 1.82) is 0 Å². The number of carbonyl (C=O) groups excluding carboxylic acids is 1. The van der Waals surface area contributed by atoms with Gasteiger partial charge in [0.25, 0.3) is 0 Å². The molecule has 0 saturated carbocycles. The number of nitrogens with zero attached hydrogens (tertiary/aromatic N) is 2. The standard InChI is InChI=1S/C9H16N4O3S/c1-17(15,16)6-2-4-11-9(14)7-13-5-3-8(10)12-13/h3,5H,2,4,6-7H2,1H3,(H2,10,12)(H,11,14). The van der Waals surface area contributed by atoms with Crippen molar-refractivity contribution < 1.29 is 13.2 Å². The van der Waals surface area contributed by atoms with Crippen molar-refractivity contribution in [2.24, 2.45) is 0 Å². The third-order valence-corrected chi connectivity index (χ3v) is 3.01. The summed E-state index contributed by atoms with van der Waals surface area (Å²) in [4.78, 5) is 11.4. The fourth-order valence-electron chi connectivity index (χ4n) is 1.23. The summed E-state index contributed by atoms with van der Waals surface area (Å²) >= 11 is 0. The van der Waals surface area contributed by atoms with Gasteiger partial charge in [-0.25, -0.2) is 8.42 Å². The average Bonchev–Trinajstić information content (AvgIpc) is 2.57. The zero-order valence-corrected chi connectivity index (χ0v) is 10.4. The molecule has 1 aromatic heterocycles. The molecule has 1 aromatic rings. The van der Waals surface area contributed by atoms with Crippen molar-refractivity contribution in [2.75, 3.05) is 24.3 Å². The van der Waals surface area contributed by atoms with Crippen LogP contribution in [0.15, 0.2) is 12.3 Å². The number of rotatable bonds is 6. The average molecular weight is 260 g/mol. The largest absolute Gasteiger partial charge is 0.382 e. The number of anilines is 1. The molecule has 0 atom stereocenters. The van der Waals surface area contributed by atoms with Gasteiger partial charge >= 0.3 is 0 Å². The number of nitrogens with one attached hydrogen (secondary N) is 1. The molecule has 0 bridgehead atoms. The van der Waals surface area contributed by atoms with E-state index in [4.69, 9.17) is 5.73 Å². The quantitative estimate of drug-likeness (QED) is 0.639. The van der Waals surface area contributed by atoms with Gasteiger partial charge in [0.05, 0.1) is 5.75 Å². The predicted molar refractivity (Wildman–Crippen MR) is 64.0 cm³/mol. The van der Waals surface area contributed by atoms with Crippen LogP contribution in [0.25, 0.3) is 0 Å². The van der Waals surface area contributed by atoms with Crippen molar-refractivity contribution in [3.63, 3.8) is 0 Å². The summed E-state index contributed by atoms with van der Waals surface area (Å²) < 4.78 is 23.1. The maximum Gasteiger partial charge on any atom is 0.241 e. The van der Waals surface area contributed by atoms with E-state index in [9.17, 15) is 13.2 Å². The monoisotopic (exact) mass is 260 g/mol. The maximum absolute atomic E-state index is 11.4. The molecular formula is C9H16N4O3S. The van der Waals surface area contributed by atoms with Crippen LogP contribution in [-0.4, -0.2) is 42.7 Å². The second-order valence-electron chi connectivity index (χ2n) is 3.77. The molecule has 1 rings (SSSR count). The molecule has 0 aromatic carbocycles. The molecule has 0 radical (unpaired) electrons. The minimum atomic E-state index is -2.96. The number of sulfone groups is 1. The Hall–Kier alpha value is -1.57. The second-order valence-corrected chi connectivity index (χ2v) is 6.03. The van der Waals surface area contributed by atoms with E-state index in [-0.39, 0.29) is 18.2 Å². The van der Waals surface area contributed by atoms with Gasteiger partial charge in [0.2, 0.25) is 5.91 Å². The van der Waals surface area contributed by atoms with Gasteiger partial charge in [-0.2, -0.15) is 5.10 Å². The van der Waals surface area contributed by atoms with E-state index in [0.29, 0.717) is 18.8 Å². The van der Waals surface area contributed by atoms with E-state index in [2.05, 4.69) is 10.4 Å². The number of nitrogen functional groups attached to an aromatic ring is 1. The molecule has 3 N–H and O–H groups in total. The van der Waals surface area contributed by atoms with Crippen LogP contribution in [0.2, 0.25) is 0 Å². The second kappa shape index (κ2) is 5.67. The van der Waals surface area contributed by atoms with Gasteiger partial charge in [-0.15, -0.1) is 0 Å². The molecule has 0 fully saturated rings. The topological polar surface area (TPSA) is 107 Å². The van der Waals surface area contributed by atoms with Crippen molar-refractivity contribution in [3.05, 3.63) is 12.3 Å². The van der Waals surface area contributed by atoms with Crippen LogP contribution in [0, 0.1) is 0 Å². The van der Waals surface area contributed by atoms with Gasteiger partial charge in [0.1, 0.15) is 22.2 Å². The number of amides is 1. The number of carbonyl (C=O) groups is 1. The molecule has 0 aliphatic heterocycles. The first-order chi connectivity index (χ1) is 7.87. The van der Waals surface area contributed by atoms with E-state index in [1.54, 1.807) is 12.3 Å². The Morgan fingerprint density at radius 3 is 2.82 bits per heavy atom. The van der Waals surface area contributed by atoms with Crippen LogP contribution in [-0.2, 0) is 21.2 Å². The minimum Gasteiger partial charge on any atom is -0.382 e. The van der Waals surface area contributed by atoms with Gasteiger partial charge in [0, 0.05) is 19.0 Å². The highest BCUT2D eigenvalue weighted by atomic mass is 32.2. The zero-order chi connectivity index (χ0) is 12.9. The Kier molecular flexibility index (Phi) is 4.50. The molecule has 1 heterocycles. The number of hydrogen-bond acceptors (Lipinski definition) is 5. The van der Waals surface area contributed by atoms with Crippen LogP contribution >= 0.6 is 0 Å². The molecule has 17 heavy (non-hydrogen) atoms. The number of aromatic nitrogens is 2. The van der Waals surface area contributed by atoms with E-state index in [0.717, 1.165) is 0 Å². The fraction of sp³-hybridized carbons (Fsp3) is 0.556. The SMILES string of the molecule is CS(=O)(=O)CCCNC(=O)Cn1ccc(N)n1. The lowest BCUT2D eigenvalue weighted by atomic mass is 10.4. The summed E-state index contributed by atoms with van der Waals surface area (Å²) in [7, 11) is -2.96. The fourth-order valence-corrected chi connectivity index (χ4v) is 1.90. The molecule has 0 aliphatic rings. The predicted octanol–water partition coefficient (Wildman–Crippen LogP) is -0.984. The Labute approximate surface area is 99.9 Å².